The second-order valence-corrected chi connectivity index (χ2v) is 6.99. The highest BCUT2D eigenvalue weighted by Crippen LogP contribution is 2.31. The molecule has 0 radical (unpaired) electrons. The molecule has 1 heterocycles. The zero-order valence-corrected chi connectivity index (χ0v) is 16.3. The first-order chi connectivity index (χ1) is 13.2. The number of nitrogens with zero attached hydrogens (tertiary/aromatic N) is 1. The monoisotopic (exact) mass is 388 g/mol. The van der Waals surface area contributed by atoms with Crippen LogP contribution in [0.4, 0.5) is 11.4 Å². The molecule has 0 aromatic heterocycles. The first kappa shape index (κ1) is 19.4. The Kier molecular flexibility index (Phi) is 6.82. The number of halogens is 1. The van der Waals surface area contributed by atoms with Crippen LogP contribution in [0.3, 0.4) is 0 Å². The van der Waals surface area contributed by atoms with Crippen molar-refractivity contribution in [3.8, 4) is 11.5 Å². The number of nitrogens with one attached hydrogen (secondary N) is 1. The number of anilines is 2. The van der Waals surface area contributed by atoms with Crippen LogP contribution in [0.5, 0.6) is 11.5 Å². The molecule has 1 fully saturated rings. The standard InChI is InChI=1S/C21H25ClN2O3/c1-26-19-8-4-5-9-20(19)27-15-21(25)23-17-14-16(22)10-11-18(17)24-12-6-2-3-7-13-24/h4-5,8-11,14H,2-3,6-7,12-13,15H2,1H3,(H,23,25). The van der Waals surface area contributed by atoms with Gasteiger partial charge >= 0.3 is 0 Å². The van der Waals surface area contributed by atoms with Gasteiger partial charge in [0.15, 0.2) is 18.1 Å². The third-order valence-electron chi connectivity index (χ3n) is 4.61. The largest absolute Gasteiger partial charge is 0.493 e. The van der Waals surface area contributed by atoms with Gasteiger partial charge in [-0.05, 0) is 43.2 Å². The fourth-order valence-electron chi connectivity index (χ4n) is 3.26. The van der Waals surface area contributed by atoms with Gasteiger partial charge in [0, 0.05) is 18.1 Å². The van der Waals surface area contributed by atoms with E-state index in [9.17, 15) is 4.79 Å². The Bertz CT molecular complexity index is 774. The number of hydrogen-bond acceptors (Lipinski definition) is 4. The maximum atomic E-state index is 12.5. The summed E-state index contributed by atoms with van der Waals surface area (Å²) in [6.07, 6.45) is 4.82. The number of benzene rings is 2. The Morgan fingerprint density at radius 1 is 1.07 bits per heavy atom. The molecule has 1 saturated heterocycles. The van der Waals surface area contributed by atoms with Gasteiger partial charge in [-0.15, -0.1) is 0 Å². The number of carbonyl (C=O) groups is 1. The second kappa shape index (κ2) is 9.51. The maximum absolute atomic E-state index is 12.5. The highest BCUT2D eigenvalue weighted by atomic mass is 35.5. The fourth-order valence-corrected chi connectivity index (χ4v) is 3.44. The lowest BCUT2D eigenvalue weighted by atomic mass is 10.2. The lowest BCUT2D eigenvalue weighted by Gasteiger charge is -2.25. The molecule has 5 nitrogen and oxygen atoms in total. The van der Waals surface area contributed by atoms with Crippen LogP contribution in [-0.4, -0.2) is 32.7 Å². The minimum Gasteiger partial charge on any atom is -0.493 e. The van der Waals surface area contributed by atoms with E-state index in [1.54, 1.807) is 25.3 Å². The number of ether oxygens (including phenoxy) is 2. The van der Waals surface area contributed by atoms with Gasteiger partial charge in [-0.25, -0.2) is 0 Å². The molecule has 1 aliphatic rings. The van der Waals surface area contributed by atoms with Crippen molar-refractivity contribution in [2.45, 2.75) is 25.7 Å². The van der Waals surface area contributed by atoms with Crippen LogP contribution in [0.2, 0.25) is 5.02 Å². The van der Waals surface area contributed by atoms with Crippen LogP contribution in [-0.2, 0) is 4.79 Å². The zero-order valence-electron chi connectivity index (χ0n) is 15.5. The molecule has 144 valence electrons. The van der Waals surface area contributed by atoms with Gasteiger partial charge in [-0.3, -0.25) is 4.79 Å². The lowest BCUT2D eigenvalue weighted by Crippen LogP contribution is -2.27. The number of hydrogen-bond donors (Lipinski definition) is 1. The highest BCUT2D eigenvalue weighted by molar-refractivity contribution is 6.31. The van der Waals surface area contributed by atoms with E-state index < -0.39 is 0 Å². The lowest BCUT2D eigenvalue weighted by molar-refractivity contribution is -0.118. The smallest absolute Gasteiger partial charge is 0.262 e. The van der Waals surface area contributed by atoms with Gasteiger partial charge in [0.2, 0.25) is 0 Å². The van der Waals surface area contributed by atoms with E-state index in [0.717, 1.165) is 37.3 Å². The van der Waals surface area contributed by atoms with E-state index >= 15 is 0 Å². The summed E-state index contributed by atoms with van der Waals surface area (Å²) in [6, 6.07) is 12.9. The van der Waals surface area contributed by atoms with Crippen molar-refractivity contribution in [3.05, 3.63) is 47.5 Å². The molecular weight excluding hydrogens is 364 g/mol. The van der Waals surface area contributed by atoms with Crippen molar-refractivity contribution in [2.24, 2.45) is 0 Å². The summed E-state index contributed by atoms with van der Waals surface area (Å²) >= 11 is 6.17. The second-order valence-electron chi connectivity index (χ2n) is 6.55. The van der Waals surface area contributed by atoms with Crippen molar-refractivity contribution < 1.29 is 14.3 Å². The van der Waals surface area contributed by atoms with Crippen molar-refractivity contribution in [2.75, 3.05) is 37.0 Å². The molecule has 1 amide bonds. The molecular formula is C21H25ClN2O3. The summed E-state index contributed by atoms with van der Waals surface area (Å²) in [5.41, 5.74) is 1.73. The van der Waals surface area contributed by atoms with Gasteiger partial charge < -0.3 is 19.7 Å². The minimum absolute atomic E-state index is 0.105. The van der Waals surface area contributed by atoms with E-state index in [1.165, 1.54) is 12.8 Å². The quantitative estimate of drug-likeness (QED) is 0.776. The molecule has 0 atom stereocenters. The number of amides is 1. The van der Waals surface area contributed by atoms with Crippen molar-refractivity contribution in [1.29, 1.82) is 0 Å². The van der Waals surface area contributed by atoms with Crippen LogP contribution < -0.4 is 19.7 Å². The van der Waals surface area contributed by atoms with Gasteiger partial charge in [0.1, 0.15) is 0 Å². The van der Waals surface area contributed by atoms with Gasteiger partial charge in [-0.1, -0.05) is 36.6 Å². The Hall–Kier alpha value is -2.40. The Morgan fingerprint density at radius 3 is 2.48 bits per heavy atom. The molecule has 1 aliphatic heterocycles. The van der Waals surface area contributed by atoms with Crippen LogP contribution in [0, 0.1) is 0 Å². The van der Waals surface area contributed by atoms with Gasteiger partial charge in [0.05, 0.1) is 18.5 Å². The topological polar surface area (TPSA) is 50.8 Å². The first-order valence-electron chi connectivity index (χ1n) is 9.27. The average molecular weight is 389 g/mol. The highest BCUT2D eigenvalue weighted by Gasteiger charge is 2.16. The summed E-state index contributed by atoms with van der Waals surface area (Å²) in [5.74, 6) is 0.895. The summed E-state index contributed by atoms with van der Waals surface area (Å²) in [7, 11) is 1.57. The summed E-state index contributed by atoms with van der Waals surface area (Å²) in [4.78, 5) is 14.8. The number of para-hydroxylation sites is 2. The Morgan fingerprint density at radius 2 is 1.78 bits per heavy atom. The van der Waals surface area contributed by atoms with E-state index in [0.29, 0.717) is 16.5 Å². The molecule has 0 aliphatic carbocycles. The van der Waals surface area contributed by atoms with Crippen molar-refractivity contribution in [3.63, 3.8) is 0 Å². The molecule has 3 rings (SSSR count). The van der Waals surface area contributed by atoms with E-state index in [-0.39, 0.29) is 12.5 Å². The molecule has 1 N–H and O–H groups in total. The van der Waals surface area contributed by atoms with Crippen molar-refractivity contribution in [1.82, 2.24) is 0 Å². The van der Waals surface area contributed by atoms with E-state index in [2.05, 4.69) is 10.2 Å². The summed E-state index contributed by atoms with van der Waals surface area (Å²) in [5, 5.41) is 3.54. The SMILES string of the molecule is COc1ccccc1OCC(=O)Nc1cc(Cl)ccc1N1CCCCCC1. The molecule has 0 unspecified atom stereocenters. The van der Waals surface area contributed by atoms with Crippen LogP contribution in [0.15, 0.2) is 42.5 Å². The predicted molar refractivity (Wildman–Crippen MR) is 109 cm³/mol. The summed E-state index contributed by atoms with van der Waals surface area (Å²) in [6.45, 7) is 1.87. The molecule has 6 heteroatoms. The maximum Gasteiger partial charge on any atom is 0.262 e. The number of rotatable bonds is 6. The fraction of sp³-hybridized carbons (Fsp3) is 0.381. The third-order valence-corrected chi connectivity index (χ3v) is 4.84. The molecule has 2 aromatic rings. The molecule has 0 bridgehead atoms. The number of methoxy groups -OCH3 is 1. The molecule has 27 heavy (non-hydrogen) atoms. The van der Waals surface area contributed by atoms with E-state index in [1.807, 2.05) is 24.3 Å². The van der Waals surface area contributed by atoms with Crippen LogP contribution >= 0.6 is 11.6 Å². The third kappa shape index (κ3) is 5.30. The zero-order chi connectivity index (χ0) is 19.1. The average Bonchev–Trinajstić information content (AvgIpc) is 2.96. The van der Waals surface area contributed by atoms with E-state index in [4.69, 9.17) is 21.1 Å². The molecule has 0 spiro atoms. The normalized spacial score (nSPS) is 14.4. The number of carbonyl (C=O) groups excluding carboxylic acids is 1. The van der Waals surface area contributed by atoms with Gasteiger partial charge in [0.25, 0.3) is 5.91 Å². The molecule has 0 saturated carbocycles. The minimum atomic E-state index is -0.237. The van der Waals surface area contributed by atoms with Crippen LogP contribution in [0.1, 0.15) is 25.7 Å². The van der Waals surface area contributed by atoms with Crippen molar-refractivity contribution >= 4 is 28.9 Å². The summed E-state index contributed by atoms with van der Waals surface area (Å²) < 4.78 is 10.9. The van der Waals surface area contributed by atoms with Crippen LogP contribution in [0.25, 0.3) is 0 Å². The molecule has 2 aromatic carbocycles. The predicted octanol–water partition coefficient (Wildman–Crippen LogP) is 4.75. The first-order valence-corrected chi connectivity index (χ1v) is 9.65. The Labute approximate surface area is 165 Å². The van der Waals surface area contributed by atoms with Gasteiger partial charge in [-0.2, -0.15) is 0 Å². The Balaban J connectivity index is 1.68.